The van der Waals surface area contributed by atoms with Gasteiger partial charge in [0.2, 0.25) is 0 Å². The van der Waals surface area contributed by atoms with E-state index in [1.807, 2.05) is 25.4 Å². The first-order valence-corrected chi connectivity index (χ1v) is 15.7. The fraction of sp³-hybridized carbons (Fsp3) is 0.520. The highest BCUT2D eigenvalue weighted by Crippen LogP contribution is 2.31. The molecule has 1 atom stereocenters. The van der Waals surface area contributed by atoms with Crippen LogP contribution in [0.15, 0.2) is 36.7 Å². The van der Waals surface area contributed by atoms with E-state index in [2.05, 4.69) is 35.4 Å². The number of carbonyl (C=O) groups excluding carboxylic acids is 3. The average molecular weight is 516 g/mol. The largest absolute Gasteiger partial charge is 0.444 e. The van der Waals surface area contributed by atoms with Crippen LogP contribution in [-0.4, -0.2) is 66.3 Å². The molecular formula is C25H37N5O5Si. The number of nitrogens with zero attached hydrogens (tertiary/aromatic N) is 3. The van der Waals surface area contributed by atoms with Crippen molar-refractivity contribution in [3.63, 3.8) is 0 Å². The minimum atomic E-state index is -1.50. The van der Waals surface area contributed by atoms with Crippen LogP contribution in [0.1, 0.15) is 26.3 Å². The molecule has 1 aromatic carbocycles. The van der Waals surface area contributed by atoms with Crippen LogP contribution in [0.2, 0.25) is 25.7 Å². The van der Waals surface area contributed by atoms with Crippen LogP contribution in [0.3, 0.4) is 0 Å². The van der Waals surface area contributed by atoms with Gasteiger partial charge in [-0.25, -0.2) is 14.5 Å². The predicted molar refractivity (Wildman–Crippen MR) is 139 cm³/mol. The molecule has 11 heteroatoms. The Morgan fingerprint density at radius 1 is 1.14 bits per heavy atom. The van der Waals surface area contributed by atoms with Crippen molar-refractivity contribution < 1.29 is 23.9 Å². The van der Waals surface area contributed by atoms with Gasteiger partial charge < -0.3 is 20.1 Å². The lowest BCUT2D eigenvalue weighted by molar-refractivity contribution is -0.135. The van der Waals surface area contributed by atoms with Crippen LogP contribution in [0.25, 0.3) is 11.1 Å². The van der Waals surface area contributed by atoms with Crippen LogP contribution in [0.5, 0.6) is 0 Å². The standard InChI is InChI=1S/C25H37N5O5Si/c1-24(2,3)35-23(33)26-16-25(20-10-8-18(9-11-20)19-14-27-29(4)15-19)21(31)30(22(32)28-25)17-34-12-13-36(5,6)7/h8-11,14-15H,12-13,16-17H2,1-7H3,(H,26,33)(H,28,32)/t25-/m0/s1. The molecule has 36 heavy (non-hydrogen) atoms. The second-order valence-corrected chi connectivity index (χ2v) is 16.9. The van der Waals surface area contributed by atoms with E-state index in [4.69, 9.17) is 9.47 Å². The number of carbonyl (C=O) groups is 3. The van der Waals surface area contributed by atoms with Crippen molar-refractivity contribution in [1.82, 2.24) is 25.3 Å². The number of aromatic nitrogens is 2. The van der Waals surface area contributed by atoms with Gasteiger partial charge in [-0.2, -0.15) is 5.10 Å². The van der Waals surface area contributed by atoms with Gasteiger partial charge in [-0.1, -0.05) is 43.9 Å². The SMILES string of the molecule is Cn1cc(-c2ccc([C@]3(CNC(=O)OC(C)(C)C)NC(=O)N(COCC[Si](C)(C)C)C3=O)cc2)cn1. The molecule has 1 aliphatic heterocycles. The molecule has 0 saturated carbocycles. The Morgan fingerprint density at radius 2 is 1.81 bits per heavy atom. The van der Waals surface area contributed by atoms with Gasteiger partial charge in [-0.3, -0.25) is 9.48 Å². The van der Waals surface area contributed by atoms with E-state index >= 15 is 0 Å². The van der Waals surface area contributed by atoms with Crippen molar-refractivity contribution in [3.8, 4) is 11.1 Å². The number of alkyl carbamates (subject to hydrolysis) is 1. The number of rotatable bonds is 9. The van der Waals surface area contributed by atoms with Crippen molar-refractivity contribution in [2.45, 2.75) is 57.6 Å². The lowest BCUT2D eigenvalue weighted by atomic mass is 9.88. The minimum absolute atomic E-state index is 0.156. The Morgan fingerprint density at radius 3 is 2.36 bits per heavy atom. The summed E-state index contributed by atoms with van der Waals surface area (Å²) >= 11 is 0. The van der Waals surface area contributed by atoms with Gasteiger partial charge in [0.15, 0.2) is 5.54 Å². The number of imide groups is 1. The maximum Gasteiger partial charge on any atom is 0.407 e. The number of benzene rings is 1. The number of hydrogen-bond acceptors (Lipinski definition) is 6. The van der Waals surface area contributed by atoms with Gasteiger partial charge in [0.05, 0.1) is 12.7 Å². The van der Waals surface area contributed by atoms with E-state index < -0.39 is 37.2 Å². The number of amides is 4. The van der Waals surface area contributed by atoms with Crippen molar-refractivity contribution in [3.05, 3.63) is 42.2 Å². The fourth-order valence-corrected chi connectivity index (χ4v) is 4.49. The highest BCUT2D eigenvalue weighted by molar-refractivity contribution is 6.76. The van der Waals surface area contributed by atoms with Gasteiger partial charge in [-0.05, 0) is 37.9 Å². The Kier molecular flexibility index (Phi) is 7.94. The Bertz CT molecular complexity index is 1100. The molecule has 3 rings (SSSR count). The first-order chi connectivity index (χ1) is 16.7. The molecule has 1 aromatic heterocycles. The summed E-state index contributed by atoms with van der Waals surface area (Å²) in [6.45, 7) is 12.1. The average Bonchev–Trinajstić information content (AvgIpc) is 3.30. The minimum Gasteiger partial charge on any atom is -0.444 e. The van der Waals surface area contributed by atoms with E-state index in [1.165, 1.54) is 0 Å². The van der Waals surface area contributed by atoms with Crippen LogP contribution in [0, 0.1) is 0 Å². The quantitative estimate of drug-likeness (QED) is 0.299. The van der Waals surface area contributed by atoms with Gasteiger partial charge in [0.25, 0.3) is 5.91 Å². The first-order valence-electron chi connectivity index (χ1n) is 12.0. The molecule has 2 N–H and O–H groups in total. The van der Waals surface area contributed by atoms with Gasteiger partial charge in [-0.15, -0.1) is 0 Å². The zero-order valence-electron chi connectivity index (χ0n) is 22.2. The summed E-state index contributed by atoms with van der Waals surface area (Å²) < 4.78 is 12.7. The number of aryl methyl sites for hydroxylation is 1. The molecule has 1 aliphatic rings. The van der Waals surface area contributed by atoms with E-state index in [0.717, 1.165) is 22.1 Å². The van der Waals surface area contributed by atoms with Crippen molar-refractivity contribution >= 4 is 26.1 Å². The third-order valence-electron chi connectivity index (χ3n) is 5.71. The molecule has 2 aromatic rings. The molecule has 0 spiro atoms. The lowest BCUT2D eigenvalue weighted by Crippen LogP contribution is -2.53. The molecule has 1 saturated heterocycles. The van der Waals surface area contributed by atoms with Gasteiger partial charge in [0.1, 0.15) is 12.3 Å². The third kappa shape index (κ3) is 6.73. The molecule has 0 aliphatic carbocycles. The summed E-state index contributed by atoms with van der Waals surface area (Å²) in [5.74, 6) is -0.495. The predicted octanol–water partition coefficient (Wildman–Crippen LogP) is 3.67. The highest BCUT2D eigenvalue weighted by Gasteiger charge is 2.53. The second kappa shape index (κ2) is 10.4. The Balaban J connectivity index is 1.84. The topological polar surface area (TPSA) is 115 Å². The Hall–Kier alpha value is -3.18. The molecule has 1 fully saturated rings. The first kappa shape index (κ1) is 27.4. The molecule has 0 bridgehead atoms. The van der Waals surface area contributed by atoms with Crippen molar-refractivity contribution in [1.29, 1.82) is 0 Å². The molecule has 0 radical (unpaired) electrons. The van der Waals surface area contributed by atoms with Gasteiger partial charge in [0, 0.05) is 33.5 Å². The maximum atomic E-state index is 13.7. The summed E-state index contributed by atoms with van der Waals surface area (Å²) in [4.78, 5) is 40.0. The summed E-state index contributed by atoms with van der Waals surface area (Å²) in [5.41, 5.74) is 0.162. The summed E-state index contributed by atoms with van der Waals surface area (Å²) in [5, 5.41) is 9.65. The van der Waals surface area contributed by atoms with Crippen LogP contribution < -0.4 is 10.6 Å². The molecule has 10 nitrogen and oxygen atoms in total. The van der Waals surface area contributed by atoms with Crippen molar-refractivity contribution in [2.24, 2.45) is 7.05 Å². The van der Waals surface area contributed by atoms with Crippen molar-refractivity contribution in [2.75, 3.05) is 19.9 Å². The van der Waals surface area contributed by atoms with Crippen LogP contribution >= 0.6 is 0 Å². The summed E-state index contributed by atoms with van der Waals surface area (Å²) in [6.07, 6.45) is 2.95. The summed E-state index contributed by atoms with van der Waals surface area (Å²) in [6, 6.07) is 7.59. The second-order valence-electron chi connectivity index (χ2n) is 11.3. The van der Waals surface area contributed by atoms with Crippen LogP contribution in [0.4, 0.5) is 9.59 Å². The Labute approximate surface area is 213 Å². The zero-order chi connectivity index (χ0) is 26.7. The van der Waals surface area contributed by atoms with E-state index in [0.29, 0.717) is 12.2 Å². The number of ether oxygens (including phenoxy) is 2. The lowest BCUT2D eigenvalue weighted by Gasteiger charge is -2.28. The highest BCUT2D eigenvalue weighted by atomic mass is 28.3. The normalized spacial score (nSPS) is 18.4. The third-order valence-corrected chi connectivity index (χ3v) is 7.41. The fourth-order valence-electron chi connectivity index (χ4n) is 3.73. The molecule has 2 heterocycles. The molecule has 0 unspecified atom stereocenters. The van der Waals surface area contributed by atoms with Gasteiger partial charge >= 0.3 is 12.1 Å². The molecule has 196 valence electrons. The zero-order valence-corrected chi connectivity index (χ0v) is 23.2. The smallest absolute Gasteiger partial charge is 0.407 e. The maximum absolute atomic E-state index is 13.7. The number of nitrogens with one attached hydrogen (secondary N) is 2. The van der Waals surface area contributed by atoms with E-state index in [1.54, 1.807) is 43.8 Å². The monoisotopic (exact) mass is 515 g/mol. The van der Waals surface area contributed by atoms with E-state index in [-0.39, 0.29) is 13.3 Å². The van der Waals surface area contributed by atoms with E-state index in [9.17, 15) is 14.4 Å². The number of urea groups is 1. The van der Waals surface area contributed by atoms with Crippen LogP contribution in [-0.2, 0) is 26.9 Å². The molecule has 4 amide bonds. The number of hydrogen-bond donors (Lipinski definition) is 2. The summed E-state index contributed by atoms with van der Waals surface area (Å²) in [7, 11) is 0.513. The molecular weight excluding hydrogens is 478 g/mol.